The molecule has 4 rings (SSSR count). The zero-order chi connectivity index (χ0) is 22.4. The standard InChI is InChI=1S/C22H20N6O3S/c29-15-12-18-19(16-8-3-1-4-9-16)20(26-22(25-18)21-23-13-7-14-24-21)28-32(30,31)27-17-10-5-2-6-11-17/h1-11,13-14,27,29H,12,15H2,(H,25,26,28). The van der Waals surface area contributed by atoms with Gasteiger partial charge in [-0.3, -0.25) is 4.72 Å². The predicted octanol–water partition coefficient (Wildman–Crippen LogP) is 2.90. The molecule has 3 N–H and O–H groups in total. The second-order valence-corrected chi connectivity index (χ2v) is 8.12. The SMILES string of the molecule is O=S(=O)(Nc1ccccc1)Nc1nc(-c2ncccn2)nc(CCO)c1-c1ccccc1. The summed E-state index contributed by atoms with van der Waals surface area (Å²) in [5.74, 6) is 0.439. The van der Waals surface area contributed by atoms with Crippen LogP contribution in [0.3, 0.4) is 0 Å². The summed E-state index contributed by atoms with van der Waals surface area (Å²) in [7, 11) is -4.04. The zero-order valence-corrected chi connectivity index (χ0v) is 17.7. The Labute approximate surface area is 185 Å². The Hall–Kier alpha value is -3.89. The second kappa shape index (κ2) is 9.50. The van der Waals surface area contributed by atoms with Gasteiger partial charge in [0.2, 0.25) is 0 Å². The predicted molar refractivity (Wildman–Crippen MR) is 122 cm³/mol. The van der Waals surface area contributed by atoms with Crippen molar-refractivity contribution in [3.8, 4) is 22.8 Å². The number of para-hydroxylation sites is 1. The largest absolute Gasteiger partial charge is 0.396 e. The summed E-state index contributed by atoms with van der Waals surface area (Å²) in [6.07, 6.45) is 3.28. The van der Waals surface area contributed by atoms with Crippen molar-refractivity contribution in [2.24, 2.45) is 0 Å². The lowest BCUT2D eigenvalue weighted by Gasteiger charge is -2.17. The second-order valence-electron chi connectivity index (χ2n) is 6.70. The molecule has 4 aromatic rings. The Morgan fingerprint density at radius 2 is 1.44 bits per heavy atom. The zero-order valence-electron chi connectivity index (χ0n) is 16.9. The van der Waals surface area contributed by atoms with Crippen molar-refractivity contribution in [3.05, 3.63) is 84.8 Å². The third kappa shape index (κ3) is 5.05. The molecule has 0 radical (unpaired) electrons. The van der Waals surface area contributed by atoms with Gasteiger partial charge in [-0.2, -0.15) is 8.42 Å². The van der Waals surface area contributed by atoms with Gasteiger partial charge in [0, 0.05) is 31.0 Å². The molecule has 0 spiro atoms. The monoisotopic (exact) mass is 448 g/mol. The lowest BCUT2D eigenvalue weighted by molar-refractivity contribution is 0.298. The Morgan fingerprint density at radius 3 is 2.09 bits per heavy atom. The summed E-state index contributed by atoms with van der Waals surface area (Å²) >= 11 is 0. The van der Waals surface area contributed by atoms with Crippen LogP contribution in [0.5, 0.6) is 0 Å². The normalized spacial score (nSPS) is 11.2. The van der Waals surface area contributed by atoms with E-state index in [0.717, 1.165) is 0 Å². The summed E-state index contributed by atoms with van der Waals surface area (Å²) in [6, 6.07) is 19.3. The van der Waals surface area contributed by atoms with Crippen LogP contribution in [-0.4, -0.2) is 40.1 Å². The number of aliphatic hydroxyl groups is 1. The smallest absolute Gasteiger partial charge is 0.322 e. The molecule has 0 bridgehead atoms. The fraction of sp³-hybridized carbons (Fsp3) is 0.0909. The highest BCUT2D eigenvalue weighted by molar-refractivity contribution is 7.94. The van der Waals surface area contributed by atoms with E-state index in [4.69, 9.17) is 0 Å². The molecule has 32 heavy (non-hydrogen) atoms. The average molecular weight is 449 g/mol. The third-order valence-corrected chi connectivity index (χ3v) is 5.38. The summed E-state index contributed by atoms with van der Waals surface area (Å²) < 4.78 is 30.8. The van der Waals surface area contributed by atoms with Crippen LogP contribution in [0.25, 0.3) is 22.8 Å². The van der Waals surface area contributed by atoms with Crippen LogP contribution in [0.2, 0.25) is 0 Å². The molecule has 0 aliphatic carbocycles. The van der Waals surface area contributed by atoms with Gasteiger partial charge in [-0.15, -0.1) is 0 Å². The number of rotatable bonds is 8. The number of anilines is 2. The van der Waals surface area contributed by atoms with E-state index in [2.05, 4.69) is 29.4 Å². The first-order valence-corrected chi connectivity index (χ1v) is 11.2. The first-order chi connectivity index (χ1) is 15.6. The molecule has 0 aliphatic rings. The molecule has 162 valence electrons. The maximum absolute atomic E-state index is 12.9. The van der Waals surface area contributed by atoms with Crippen LogP contribution in [0.1, 0.15) is 5.69 Å². The number of hydrogen-bond acceptors (Lipinski definition) is 7. The van der Waals surface area contributed by atoms with Gasteiger partial charge in [0.15, 0.2) is 17.5 Å². The molecule has 10 heteroatoms. The van der Waals surface area contributed by atoms with E-state index in [9.17, 15) is 13.5 Å². The van der Waals surface area contributed by atoms with Gasteiger partial charge in [-0.25, -0.2) is 24.7 Å². The minimum atomic E-state index is -4.04. The number of benzene rings is 2. The van der Waals surface area contributed by atoms with E-state index >= 15 is 0 Å². The van der Waals surface area contributed by atoms with Gasteiger partial charge < -0.3 is 5.11 Å². The molecule has 0 unspecified atom stereocenters. The van der Waals surface area contributed by atoms with Crippen molar-refractivity contribution in [2.75, 3.05) is 16.1 Å². The van der Waals surface area contributed by atoms with Crippen molar-refractivity contribution < 1.29 is 13.5 Å². The molecule has 2 aromatic carbocycles. The maximum atomic E-state index is 12.9. The summed E-state index contributed by atoms with van der Waals surface area (Å²) in [4.78, 5) is 17.3. The number of aromatic nitrogens is 4. The summed E-state index contributed by atoms with van der Waals surface area (Å²) in [5.41, 5.74) is 2.04. The quantitative estimate of drug-likeness (QED) is 0.378. The van der Waals surface area contributed by atoms with E-state index in [1.54, 1.807) is 48.8 Å². The maximum Gasteiger partial charge on any atom is 0.322 e. The topological polar surface area (TPSA) is 130 Å². The highest BCUT2D eigenvalue weighted by atomic mass is 32.2. The van der Waals surface area contributed by atoms with E-state index in [1.807, 2.05) is 30.3 Å². The summed E-state index contributed by atoms with van der Waals surface area (Å²) in [6.45, 7) is -0.180. The molecule has 2 heterocycles. The van der Waals surface area contributed by atoms with Crippen LogP contribution >= 0.6 is 0 Å². The molecule has 0 amide bonds. The van der Waals surface area contributed by atoms with Gasteiger partial charge in [-0.05, 0) is 23.8 Å². The molecule has 9 nitrogen and oxygen atoms in total. The lowest BCUT2D eigenvalue weighted by atomic mass is 10.0. The van der Waals surface area contributed by atoms with Crippen molar-refractivity contribution in [1.82, 2.24) is 19.9 Å². The minimum Gasteiger partial charge on any atom is -0.396 e. The molecule has 0 saturated carbocycles. The number of aliphatic hydroxyl groups excluding tert-OH is 1. The van der Waals surface area contributed by atoms with E-state index in [1.165, 1.54) is 0 Å². The molecule has 0 atom stereocenters. The van der Waals surface area contributed by atoms with Crippen molar-refractivity contribution in [1.29, 1.82) is 0 Å². The Kier molecular flexibility index (Phi) is 6.34. The van der Waals surface area contributed by atoms with Crippen molar-refractivity contribution in [2.45, 2.75) is 6.42 Å². The van der Waals surface area contributed by atoms with E-state index in [-0.39, 0.29) is 30.5 Å². The van der Waals surface area contributed by atoms with Crippen LogP contribution in [0, 0.1) is 0 Å². The molecule has 0 fully saturated rings. The molecule has 2 aromatic heterocycles. The third-order valence-electron chi connectivity index (χ3n) is 4.42. The fourth-order valence-corrected chi connectivity index (χ4v) is 4.00. The summed E-state index contributed by atoms with van der Waals surface area (Å²) in [5, 5.41) is 9.63. The van der Waals surface area contributed by atoms with Gasteiger partial charge in [0.1, 0.15) is 0 Å². The average Bonchev–Trinajstić information content (AvgIpc) is 2.80. The first-order valence-electron chi connectivity index (χ1n) is 9.76. The Morgan fingerprint density at radius 1 is 0.781 bits per heavy atom. The Bertz CT molecular complexity index is 1290. The molecule has 0 saturated heterocycles. The van der Waals surface area contributed by atoms with E-state index < -0.39 is 10.2 Å². The van der Waals surface area contributed by atoms with Crippen molar-refractivity contribution >= 4 is 21.7 Å². The molecule has 0 aliphatic heterocycles. The fourth-order valence-electron chi connectivity index (χ4n) is 3.10. The highest BCUT2D eigenvalue weighted by Crippen LogP contribution is 2.32. The number of nitrogens with zero attached hydrogens (tertiary/aromatic N) is 4. The van der Waals surface area contributed by atoms with E-state index in [0.29, 0.717) is 22.5 Å². The Balaban J connectivity index is 1.85. The minimum absolute atomic E-state index is 0.0561. The van der Waals surface area contributed by atoms with Gasteiger partial charge >= 0.3 is 10.2 Å². The van der Waals surface area contributed by atoms with Crippen LogP contribution < -0.4 is 9.44 Å². The van der Waals surface area contributed by atoms with Crippen LogP contribution in [0.15, 0.2) is 79.1 Å². The van der Waals surface area contributed by atoms with Crippen LogP contribution in [-0.2, 0) is 16.6 Å². The molecular weight excluding hydrogens is 428 g/mol. The van der Waals surface area contributed by atoms with Crippen molar-refractivity contribution in [3.63, 3.8) is 0 Å². The lowest BCUT2D eigenvalue weighted by Crippen LogP contribution is -2.23. The van der Waals surface area contributed by atoms with Gasteiger partial charge in [-0.1, -0.05) is 48.5 Å². The number of hydrogen-bond donors (Lipinski definition) is 3. The van der Waals surface area contributed by atoms with Crippen LogP contribution in [0.4, 0.5) is 11.5 Å². The van der Waals surface area contributed by atoms with Gasteiger partial charge in [0.25, 0.3) is 0 Å². The highest BCUT2D eigenvalue weighted by Gasteiger charge is 2.22. The number of nitrogens with one attached hydrogen (secondary N) is 2. The molecular formula is C22H20N6O3S. The van der Waals surface area contributed by atoms with Gasteiger partial charge in [0.05, 0.1) is 11.4 Å². The first kappa shape index (κ1) is 21.3.